The van der Waals surface area contributed by atoms with Gasteiger partial charge in [-0.2, -0.15) is 0 Å². The Bertz CT molecular complexity index is 500. The molecule has 0 aliphatic heterocycles. The zero-order valence-electron chi connectivity index (χ0n) is 8.47. The molecule has 0 unspecified atom stereocenters. The standard InChI is InChI=1S/C8H11N3O4/c1-3-9-5-6(11(14)15)7(12)10(4-2)8(9)13/h5H,3-4H2,1-2H3. The van der Waals surface area contributed by atoms with E-state index >= 15 is 0 Å². The van der Waals surface area contributed by atoms with Crippen molar-refractivity contribution in [2.24, 2.45) is 0 Å². The van der Waals surface area contributed by atoms with Gasteiger partial charge >= 0.3 is 16.9 Å². The monoisotopic (exact) mass is 213 g/mol. The average Bonchev–Trinajstić information content (AvgIpc) is 2.18. The van der Waals surface area contributed by atoms with Gasteiger partial charge in [0.05, 0.1) is 11.1 Å². The number of hydrogen-bond acceptors (Lipinski definition) is 4. The molecule has 1 aromatic rings. The molecule has 0 aliphatic carbocycles. The highest BCUT2D eigenvalue weighted by atomic mass is 16.6. The van der Waals surface area contributed by atoms with Crippen LogP contribution in [0, 0.1) is 10.1 Å². The van der Waals surface area contributed by atoms with Crippen LogP contribution in [0.5, 0.6) is 0 Å². The molecule has 0 aliphatic rings. The van der Waals surface area contributed by atoms with E-state index in [0.29, 0.717) is 6.54 Å². The minimum absolute atomic E-state index is 0.124. The normalized spacial score (nSPS) is 10.3. The van der Waals surface area contributed by atoms with Crippen LogP contribution in [0.25, 0.3) is 0 Å². The van der Waals surface area contributed by atoms with Gasteiger partial charge in [0.15, 0.2) is 0 Å². The third-order valence-electron chi connectivity index (χ3n) is 2.07. The number of rotatable bonds is 3. The van der Waals surface area contributed by atoms with Gasteiger partial charge in [0.2, 0.25) is 0 Å². The number of aryl methyl sites for hydroxylation is 1. The molecule has 82 valence electrons. The van der Waals surface area contributed by atoms with Crippen molar-refractivity contribution in [3.8, 4) is 0 Å². The van der Waals surface area contributed by atoms with Crippen molar-refractivity contribution < 1.29 is 4.92 Å². The maximum absolute atomic E-state index is 11.5. The van der Waals surface area contributed by atoms with Crippen LogP contribution < -0.4 is 11.2 Å². The predicted molar refractivity (Wildman–Crippen MR) is 53.0 cm³/mol. The summed E-state index contributed by atoms with van der Waals surface area (Å²) >= 11 is 0. The quantitative estimate of drug-likeness (QED) is 0.520. The molecular weight excluding hydrogens is 202 g/mol. The SMILES string of the molecule is CCn1cc([N+](=O)[O-])c(=O)n(CC)c1=O. The molecule has 0 aromatic carbocycles. The van der Waals surface area contributed by atoms with Gasteiger partial charge in [-0.1, -0.05) is 0 Å². The fourth-order valence-corrected chi connectivity index (χ4v) is 1.27. The molecule has 0 saturated heterocycles. The third-order valence-corrected chi connectivity index (χ3v) is 2.07. The van der Waals surface area contributed by atoms with Crippen LogP contribution in [-0.2, 0) is 13.1 Å². The Morgan fingerprint density at radius 1 is 1.33 bits per heavy atom. The molecule has 0 fully saturated rings. The van der Waals surface area contributed by atoms with Gasteiger partial charge in [-0.3, -0.25) is 24.0 Å². The van der Waals surface area contributed by atoms with Crippen LogP contribution >= 0.6 is 0 Å². The first kappa shape index (κ1) is 11.2. The lowest BCUT2D eigenvalue weighted by Crippen LogP contribution is -2.39. The molecule has 7 nitrogen and oxygen atoms in total. The van der Waals surface area contributed by atoms with E-state index in [1.165, 1.54) is 0 Å². The number of nitrogens with zero attached hydrogens (tertiary/aromatic N) is 3. The average molecular weight is 213 g/mol. The molecule has 0 bridgehead atoms. The van der Waals surface area contributed by atoms with E-state index in [1.54, 1.807) is 13.8 Å². The molecular formula is C8H11N3O4. The van der Waals surface area contributed by atoms with Crippen LogP contribution in [-0.4, -0.2) is 14.1 Å². The first-order valence-electron chi connectivity index (χ1n) is 4.51. The lowest BCUT2D eigenvalue weighted by Gasteiger charge is -2.05. The highest BCUT2D eigenvalue weighted by Crippen LogP contribution is 1.99. The van der Waals surface area contributed by atoms with Crippen molar-refractivity contribution in [3.63, 3.8) is 0 Å². The van der Waals surface area contributed by atoms with Gasteiger partial charge in [-0.25, -0.2) is 4.79 Å². The van der Waals surface area contributed by atoms with Crippen molar-refractivity contribution in [1.29, 1.82) is 0 Å². The molecule has 1 heterocycles. The predicted octanol–water partition coefficient (Wildman–Crippen LogP) is -0.0420. The molecule has 0 radical (unpaired) electrons. The second kappa shape index (κ2) is 4.07. The largest absolute Gasteiger partial charge is 0.350 e. The molecule has 0 atom stereocenters. The fourth-order valence-electron chi connectivity index (χ4n) is 1.27. The van der Waals surface area contributed by atoms with Crippen molar-refractivity contribution in [2.75, 3.05) is 0 Å². The van der Waals surface area contributed by atoms with Crippen molar-refractivity contribution in [1.82, 2.24) is 9.13 Å². The molecule has 15 heavy (non-hydrogen) atoms. The molecule has 0 amide bonds. The summed E-state index contributed by atoms with van der Waals surface area (Å²) in [5.74, 6) is 0. The summed E-state index contributed by atoms with van der Waals surface area (Å²) < 4.78 is 1.99. The Balaban J connectivity index is 3.67. The molecule has 7 heteroatoms. The topological polar surface area (TPSA) is 87.1 Å². The summed E-state index contributed by atoms with van der Waals surface area (Å²) in [7, 11) is 0. The maximum Gasteiger partial charge on any atom is 0.350 e. The Morgan fingerprint density at radius 2 is 1.93 bits per heavy atom. The Kier molecular flexibility index (Phi) is 3.03. The summed E-state index contributed by atoms with van der Waals surface area (Å²) in [5, 5.41) is 10.5. The number of nitro groups is 1. The Morgan fingerprint density at radius 3 is 2.33 bits per heavy atom. The lowest BCUT2D eigenvalue weighted by atomic mass is 10.5. The van der Waals surface area contributed by atoms with E-state index in [0.717, 1.165) is 15.3 Å². The van der Waals surface area contributed by atoms with Crippen LogP contribution in [0.3, 0.4) is 0 Å². The zero-order valence-corrected chi connectivity index (χ0v) is 8.47. The molecule has 1 aromatic heterocycles. The van der Waals surface area contributed by atoms with Gasteiger partial charge < -0.3 is 0 Å². The van der Waals surface area contributed by atoms with Gasteiger partial charge in [0, 0.05) is 13.1 Å². The number of aromatic nitrogens is 2. The van der Waals surface area contributed by atoms with Crippen LogP contribution in [0.2, 0.25) is 0 Å². The smallest absolute Gasteiger partial charge is 0.294 e. The Hall–Kier alpha value is -1.92. The molecule has 0 saturated carbocycles. The second-order valence-corrected chi connectivity index (χ2v) is 2.89. The van der Waals surface area contributed by atoms with E-state index in [1.807, 2.05) is 0 Å². The zero-order chi connectivity index (χ0) is 11.6. The van der Waals surface area contributed by atoms with Crippen molar-refractivity contribution in [3.05, 3.63) is 37.1 Å². The molecule has 1 rings (SSSR count). The van der Waals surface area contributed by atoms with Gasteiger partial charge in [-0.05, 0) is 13.8 Å². The van der Waals surface area contributed by atoms with Crippen molar-refractivity contribution in [2.45, 2.75) is 26.9 Å². The molecule has 0 spiro atoms. The van der Waals surface area contributed by atoms with Gasteiger partial charge in [-0.15, -0.1) is 0 Å². The van der Waals surface area contributed by atoms with Crippen LogP contribution in [0.4, 0.5) is 5.69 Å². The van der Waals surface area contributed by atoms with Gasteiger partial charge in [0.25, 0.3) is 0 Å². The first-order chi connectivity index (χ1) is 7.02. The van der Waals surface area contributed by atoms with E-state index in [9.17, 15) is 19.7 Å². The highest BCUT2D eigenvalue weighted by Gasteiger charge is 2.18. The summed E-state index contributed by atoms with van der Waals surface area (Å²) in [6.45, 7) is 3.68. The highest BCUT2D eigenvalue weighted by molar-refractivity contribution is 5.21. The lowest BCUT2D eigenvalue weighted by molar-refractivity contribution is -0.387. The summed E-state index contributed by atoms with van der Waals surface area (Å²) in [6, 6.07) is 0. The minimum Gasteiger partial charge on any atom is -0.294 e. The fraction of sp³-hybridized carbons (Fsp3) is 0.500. The van der Waals surface area contributed by atoms with E-state index in [4.69, 9.17) is 0 Å². The van der Waals surface area contributed by atoms with E-state index < -0.39 is 21.9 Å². The van der Waals surface area contributed by atoms with Crippen LogP contribution in [0.1, 0.15) is 13.8 Å². The van der Waals surface area contributed by atoms with Crippen LogP contribution in [0.15, 0.2) is 15.8 Å². The van der Waals surface area contributed by atoms with E-state index in [-0.39, 0.29) is 6.54 Å². The third kappa shape index (κ3) is 1.80. The second-order valence-electron chi connectivity index (χ2n) is 2.89. The minimum atomic E-state index is -0.850. The molecule has 0 N–H and O–H groups in total. The number of hydrogen-bond donors (Lipinski definition) is 0. The summed E-state index contributed by atoms with van der Waals surface area (Å²) in [5.41, 5.74) is -1.94. The van der Waals surface area contributed by atoms with Crippen molar-refractivity contribution >= 4 is 5.69 Å². The van der Waals surface area contributed by atoms with E-state index in [2.05, 4.69) is 0 Å². The van der Waals surface area contributed by atoms with Gasteiger partial charge in [0.1, 0.15) is 0 Å². The summed E-state index contributed by atoms with van der Waals surface area (Å²) in [4.78, 5) is 32.7. The Labute approximate surface area is 84.7 Å². The maximum atomic E-state index is 11.5. The summed E-state index contributed by atoms with van der Waals surface area (Å²) in [6.07, 6.45) is 0.983. The first-order valence-corrected chi connectivity index (χ1v) is 4.51.